The Morgan fingerprint density at radius 2 is 2.12 bits per heavy atom. The molecule has 0 bridgehead atoms. The summed E-state index contributed by atoms with van der Waals surface area (Å²) in [6.07, 6.45) is 4.01. The smallest absolute Gasteiger partial charge is 0.180 e. The second-order valence-corrected chi connectivity index (χ2v) is 7.53. The molecule has 1 aromatic heterocycles. The molecule has 4 rings (SSSR count). The van der Waals surface area contributed by atoms with Gasteiger partial charge in [-0.25, -0.2) is 9.37 Å². The van der Waals surface area contributed by atoms with Crippen LogP contribution in [0, 0.1) is 5.82 Å². The van der Waals surface area contributed by atoms with E-state index in [1.165, 1.54) is 11.3 Å². The van der Waals surface area contributed by atoms with E-state index in [-0.39, 0.29) is 18.0 Å². The third-order valence-electron chi connectivity index (χ3n) is 4.96. The zero-order valence-electron chi connectivity index (χ0n) is 14.1. The van der Waals surface area contributed by atoms with Crippen molar-refractivity contribution < 1.29 is 9.13 Å². The predicted octanol–water partition coefficient (Wildman–Crippen LogP) is 3.34. The largest absolute Gasteiger partial charge is 0.487 e. The number of nitrogen functional groups attached to an aromatic ring is 1. The Labute approximate surface area is 151 Å². The summed E-state index contributed by atoms with van der Waals surface area (Å²) in [5.41, 5.74) is 7.63. The molecule has 2 saturated heterocycles. The third kappa shape index (κ3) is 3.57. The fourth-order valence-electron chi connectivity index (χ4n) is 3.69. The van der Waals surface area contributed by atoms with Gasteiger partial charge in [-0.2, -0.15) is 0 Å². The average Bonchev–Trinajstić information content (AvgIpc) is 3.26. The van der Waals surface area contributed by atoms with Crippen LogP contribution in [-0.2, 0) is 0 Å². The van der Waals surface area contributed by atoms with Crippen LogP contribution in [0.3, 0.4) is 0 Å². The van der Waals surface area contributed by atoms with Crippen LogP contribution in [-0.4, -0.2) is 30.7 Å². The van der Waals surface area contributed by atoms with Gasteiger partial charge in [0.1, 0.15) is 6.10 Å². The van der Waals surface area contributed by atoms with Gasteiger partial charge in [0.05, 0.1) is 11.7 Å². The zero-order chi connectivity index (χ0) is 17.2. The first-order chi connectivity index (χ1) is 12.2. The summed E-state index contributed by atoms with van der Waals surface area (Å²) >= 11 is 1.45. The predicted molar refractivity (Wildman–Crippen MR) is 98.8 cm³/mol. The Bertz CT molecular complexity index is 732. The van der Waals surface area contributed by atoms with Crippen molar-refractivity contribution in [1.82, 2.24) is 10.3 Å². The number of hydrogen-bond acceptors (Lipinski definition) is 6. The number of nitrogens with two attached hydrogens (primary N) is 1. The van der Waals surface area contributed by atoms with Crippen molar-refractivity contribution in [1.29, 1.82) is 0 Å². The summed E-state index contributed by atoms with van der Waals surface area (Å²) in [5.74, 6) is 0.0591. The molecule has 1 aromatic carbocycles. The molecule has 1 atom stereocenters. The van der Waals surface area contributed by atoms with E-state index in [4.69, 9.17) is 10.5 Å². The summed E-state index contributed by atoms with van der Waals surface area (Å²) in [4.78, 5) is 6.63. The maximum atomic E-state index is 14.6. The number of benzene rings is 1. The fraction of sp³-hybridized carbons (Fsp3) is 0.500. The van der Waals surface area contributed by atoms with Crippen LogP contribution >= 0.6 is 11.3 Å². The summed E-state index contributed by atoms with van der Waals surface area (Å²) in [6.45, 7) is 2.75. The average molecular weight is 362 g/mol. The molecule has 0 radical (unpaired) electrons. The van der Waals surface area contributed by atoms with Gasteiger partial charge in [-0.1, -0.05) is 0 Å². The van der Waals surface area contributed by atoms with Gasteiger partial charge in [-0.15, -0.1) is 11.3 Å². The lowest BCUT2D eigenvalue weighted by atomic mass is 10.1. The molecule has 0 amide bonds. The highest BCUT2D eigenvalue weighted by Crippen LogP contribution is 2.38. The zero-order valence-corrected chi connectivity index (χ0v) is 14.9. The number of aromatic nitrogens is 1. The van der Waals surface area contributed by atoms with E-state index in [0.717, 1.165) is 56.7 Å². The van der Waals surface area contributed by atoms with Crippen molar-refractivity contribution in [3.05, 3.63) is 35.1 Å². The van der Waals surface area contributed by atoms with Gasteiger partial charge < -0.3 is 20.7 Å². The summed E-state index contributed by atoms with van der Waals surface area (Å²) in [7, 11) is 0. The molecule has 1 unspecified atom stereocenters. The molecule has 2 aliphatic heterocycles. The van der Waals surface area contributed by atoms with Crippen LogP contribution in [0.2, 0.25) is 0 Å². The van der Waals surface area contributed by atoms with Gasteiger partial charge in [0.15, 0.2) is 16.7 Å². The van der Waals surface area contributed by atoms with E-state index in [1.54, 1.807) is 12.1 Å². The lowest BCUT2D eigenvalue weighted by Gasteiger charge is -2.27. The first-order valence-electron chi connectivity index (χ1n) is 8.85. The van der Waals surface area contributed by atoms with Crippen molar-refractivity contribution in [2.45, 2.75) is 37.8 Å². The van der Waals surface area contributed by atoms with Gasteiger partial charge in [0, 0.05) is 23.7 Å². The number of thiazole rings is 1. The quantitative estimate of drug-likeness (QED) is 0.873. The van der Waals surface area contributed by atoms with Gasteiger partial charge >= 0.3 is 0 Å². The van der Waals surface area contributed by atoms with Crippen molar-refractivity contribution in [2.75, 3.05) is 30.3 Å². The highest BCUT2D eigenvalue weighted by Gasteiger charge is 2.29. The number of anilines is 2. The first-order valence-corrected chi connectivity index (χ1v) is 9.73. The van der Waals surface area contributed by atoms with Crippen LogP contribution in [0.5, 0.6) is 5.75 Å². The minimum atomic E-state index is -0.292. The molecule has 134 valence electrons. The Morgan fingerprint density at radius 3 is 2.84 bits per heavy atom. The van der Waals surface area contributed by atoms with Gasteiger partial charge in [-0.05, 0) is 50.9 Å². The number of hydrogen-bond donors (Lipinski definition) is 2. The number of nitrogens with one attached hydrogen (secondary N) is 1. The van der Waals surface area contributed by atoms with Gasteiger partial charge in [-0.3, -0.25) is 0 Å². The van der Waals surface area contributed by atoms with Crippen molar-refractivity contribution >= 4 is 22.2 Å². The third-order valence-corrected chi connectivity index (χ3v) is 5.65. The Morgan fingerprint density at radius 1 is 1.28 bits per heavy atom. The molecule has 0 saturated carbocycles. The first kappa shape index (κ1) is 16.6. The Balaban J connectivity index is 1.51. The molecule has 2 aliphatic rings. The summed E-state index contributed by atoms with van der Waals surface area (Å²) < 4.78 is 20.4. The Kier molecular flexibility index (Phi) is 4.76. The maximum Gasteiger partial charge on any atom is 0.180 e. The van der Waals surface area contributed by atoms with E-state index in [0.29, 0.717) is 10.9 Å². The van der Waals surface area contributed by atoms with Crippen LogP contribution in [0.1, 0.15) is 37.4 Å². The molecule has 5 nitrogen and oxygen atoms in total. The highest BCUT2D eigenvalue weighted by atomic mass is 32.1. The van der Waals surface area contributed by atoms with Gasteiger partial charge in [0.2, 0.25) is 0 Å². The second-order valence-electron chi connectivity index (χ2n) is 6.64. The molecule has 7 heteroatoms. The molecule has 3 heterocycles. The van der Waals surface area contributed by atoms with E-state index in [1.807, 2.05) is 11.4 Å². The minimum absolute atomic E-state index is 0.0964. The van der Waals surface area contributed by atoms with Crippen molar-refractivity contribution in [3.8, 4) is 5.75 Å². The minimum Gasteiger partial charge on any atom is -0.487 e. The van der Waals surface area contributed by atoms with Gasteiger partial charge in [0.25, 0.3) is 0 Å². The Hall–Kier alpha value is -1.86. The van der Waals surface area contributed by atoms with E-state index < -0.39 is 0 Å². The molecular formula is C18H23FN4OS. The molecule has 3 N–H and O–H groups in total. The standard InChI is InChI=1S/C18H23FN4OS/c19-14-10-12(3-4-17(14)24-13-5-7-21-8-6-13)23-9-1-2-16(23)15-11-25-18(20)22-15/h3-4,10-11,13,16,21H,1-2,5-9H2,(H2,20,22). The molecule has 0 spiro atoms. The van der Waals surface area contributed by atoms with Crippen molar-refractivity contribution in [2.24, 2.45) is 0 Å². The topological polar surface area (TPSA) is 63.4 Å². The van der Waals surface area contributed by atoms with Crippen LogP contribution < -0.4 is 20.7 Å². The highest BCUT2D eigenvalue weighted by molar-refractivity contribution is 7.13. The van der Waals surface area contributed by atoms with E-state index >= 15 is 0 Å². The molecule has 2 fully saturated rings. The van der Waals surface area contributed by atoms with E-state index in [2.05, 4.69) is 15.2 Å². The van der Waals surface area contributed by atoms with Crippen LogP contribution in [0.15, 0.2) is 23.6 Å². The monoisotopic (exact) mass is 362 g/mol. The number of ether oxygens (including phenoxy) is 1. The molecule has 2 aromatic rings. The number of piperidine rings is 1. The normalized spacial score (nSPS) is 21.6. The van der Waals surface area contributed by atoms with E-state index in [9.17, 15) is 4.39 Å². The molecular weight excluding hydrogens is 339 g/mol. The van der Waals surface area contributed by atoms with Crippen LogP contribution in [0.4, 0.5) is 15.2 Å². The lowest BCUT2D eigenvalue weighted by Crippen LogP contribution is -2.34. The lowest BCUT2D eigenvalue weighted by molar-refractivity contribution is 0.156. The second kappa shape index (κ2) is 7.17. The maximum absolute atomic E-state index is 14.6. The molecule has 0 aliphatic carbocycles. The van der Waals surface area contributed by atoms with Crippen LogP contribution in [0.25, 0.3) is 0 Å². The number of rotatable bonds is 4. The molecule has 25 heavy (non-hydrogen) atoms. The summed E-state index contributed by atoms with van der Waals surface area (Å²) in [5, 5.41) is 5.87. The van der Waals surface area contributed by atoms with Crippen molar-refractivity contribution in [3.63, 3.8) is 0 Å². The summed E-state index contributed by atoms with van der Waals surface area (Å²) in [6, 6.07) is 5.47. The number of halogens is 1. The fourth-order valence-corrected chi connectivity index (χ4v) is 4.30. The SMILES string of the molecule is Nc1nc(C2CCCN2c2ccc(OC3CCNCC3)c(F)c2)cs1. The number of nitrogens with zero attached hydrogens (tertiary/aromatic N) is 2.